The first-order chi connectivity index (χ1) is 11.5. The third-order valence-electron chi connectivity index (χ3n) is 3.67. The van der Waals surface area contributed by atoms with E-state index in [4.69, 9.17) is 10.8 Å². The number of phenols is 1. The van der Waals surface area contributed by atoms with Crippen molar-refractivity contribution in [3.63, 3.8) is 0 Å². The number of phenolic OH excluding ortho intramolecular Hbond substituents is 1. The number of carboxylic acid groups (broad SMARTS) is 1. The van der Waals surface area contributed by atoms with E-state index in [0.29, 0.717) is 0 Å². The van der Waals surface area contributed by atoms with Gasteiger partial charge in [-0.05, 0) is 48.4 Å². The molecule has 0 saturated carbocycles. The maximum Gasteiger partial charge on any atom is 0.320 e. The maximum atomic E-state index is 10.8. The monoisotopic (exact) mass is 324 g/mol. The molecule has 0 spiro atoms. The predicted octanol–water partition coefficient (Wildman–Crippen LogP) is 1.59. The first-order valence-electron chi connectivity index (χ1n) is 7.32. The minimum Gasteiger partial charge on any atom is -0.508 e. The molecular formula is C17H16N4O3. The number of hydrogen-bond donors (Lipinski definition) is 3. The zero-order chi connectivity index (χ0) is 17.1. The number of rotatable bonds is 5. The van der Waals surface area contributed by atoms with Crippen molar-refractivity contribution >= 4 is 5.97 Å². The highest BCUT2D eigenvalue weighted by Gasteiger charge is 2.13. The molecule has 24 heavy (non-hydrogen) atoms. The molecule has 3 aromatic rings. The van der Waals surface area contributed by atoms with Crippen LogP contribution in [0.2, 0.25) is 0 Å². The number of nitrogens with two attached hydrogens (primary N) is 1. The minimum atomic E-state index is -1.02. The van der Waals surface area contributed by atoms with Crippen molar-refractivity contribution in [3.05, 3.63) is 60.3 Å². The summed E-state index contributed by atoms with van der Waals surface area (Å²) in [6.45, 7) is 0. The molecule has 4 N–H and O–H groups in total. The smallest absolute Gasteiger partial charge is 0.320 e. The van der Waals surface area contributed by atoms with Gasteiger partial charge in [0.1, 0.15) is 11.8 Å². The van der Waals surface area contributed by atoms with Crippen LogP contribution in [0.5, 0.6) is 5.75 Å². The summed E-state index contributed by atoms with van der Waals surface area (Å²) in [4.78, 5) is 10.8. The number of nitrogens with zero attached hydrogens (tertiary/aromatic N) is 3. The van der Waals surface area contributed by atoms with E-state index in [0.717, 1.165) is 22.5 Å². The number of aromatic nitrogens is 3. The Labute approximate surface area is 138 Å². The first kappa shape index (κ1) is 15.7. The van der Waals surface area contributed by atoms with Crippen molar-refractivity contribution in [1.29, 1.82) is 0 Å². The summed E-state index contributed by atoms with van der Waals surface area (Å²) in [5.41, 5.74) is 8.83. The van der Waals surface area contributed by atoms with E-state index in [9.17, 15) is 9.90 Å². The average Bonchev–Trinajstić information content (AvgIpc) is 3.05. The molecule has 0 fully saturated rings. The van der Waals surface area contributed by atoms with Crippen molar-refractivity contribution in [3.8, 4) is 22.7 Å². The second-order valence-electron chi connectivity index (χ2n) is 5.39. The molecule has 2 aromatic carbocycles. The molecule has 1 heterocycles. The summed E-state index contributed by atoms with van der Waals surface area (Å²) in [7, 11) is 0. The average molecular weight is 324 g/mol. The van der Waals surface area contributed by atoms with E-state index < -0.39 is 12.0 Å². The summed E-state index contributed by atoms with van der Waals surface area (Å²) in [6.07, 6.45) is 1.90. The van der Waals surface area contributed by atoms with Gasteiger partial charge in [0.25, 0.3) is 0 Å². The molecule has 1 atom stereocenters. The summed E-state index contributed by atoms with van der Waals surface area (Å²) < 4.78 is 1.67. The fraction of sp³-hybridized carbons (Fsp3) is 0.118. The summed E-state index contributed by atoms with van der Waals surface area (Å²) >= 11 is 0. The summed E-state index contributed by atoms with van der Waals surface area (Å²) in [5, 5.41) is 26.3. The van der Waals surface area contributed by atoms with Gasteiger partial charge in [-0.3, -0.25) is 4.79 Å². The van der Waals surface area contributed by atoms with Crippen LogP contribution in [0.4, 0.5) is 0 Å². The van der Waals surface area contributed by atoms with E-state index in [1.54, 1.807) is 35.1 Å². The molecule has 0 amide bonds. The predicted molar refractivity (Wildman–Crippen MR) is 87.8 cm³/mol. The number of carbonyl (C=O) groups is 1. The van der Waals surface area contributed by atoms with E-state index in [2.05, 4.69) is 10.3 Å². The molecule has 7 heteroatoms. The lowest BCUT2D eigenvalue weighted by Gasteiger charge is -2.09. The maximum absolute atomic E-state index is 10.8. The third kappa shape index (κ3) is 3.26. The lowest BCUT2D eigenvalue weighted by molar-refractivity contribution is -0.138. The Balaban J connectivity index is 1.87. The van der Waals surface area contributed by atoms with E-state index in [1.807, 2.05) is 24.3 Å². The molecule has 0 saturated heterocycles. The largest absolute Gasteiger partial charge is 0.508 e. The number of benzene rings is 2. The van der Waals surface area contributed by atoms with Gasteiger partial charge in [0.2, 0.25) is 0 Å². The van der Waals surface area contributed by atoms with Crippen LogP contribution in [0.3, 0.4) is 0 Å². The zero-order valence-corrected chi connectivity index (χ0v) is 12.7. The van der Waals surface area contributed by atoms with Gasteiger partial charge in [-0.1, -0.05) is 17.3 Å². The van der Waals surface area contributed by atoms with Crippen molar-refractivity contribution in [2.45, 2.75) is 12.5 Å². The number of aliphatic carboxylic acids is 1. The topological polar surface area (TPSA) is 114 Å². The Hall–Kier alpha value is -3.19. The molecule has 3 rings (SSSR count). The van der Waals surface area contributed by atoms with Crippen molar-refractivity contribution in [2.24, 2.45) is 5.73 Å². The first-order valence-corrected chi connectivity index (χ1v) is 7.32. The Morgan fingerprint density at radius 1 is 1.12 bits per heavy atom. The second-order valence-corrected chi connectivity index (χ2v) is 5.39. The van der Waals surface area contributed by atoms with Gasteiger partial charge in [0.05, 0.1) is 17.6 Å². The Morgan fingerprint density at radius 3 is 2.42 bits per heavy atom. The van der Waals surface area contributed by atoms with Crippen LogP contribution in [-0.4, -0.2) is 37.2 Å². The lowest BCUT2D eigenvalue weighted by Crippen LogP contribution is -2.32. The molecule has 7 nitrogen and oxygen atoms in total. The fourth-order valence-corrected chi connectivity index (χ4v) is 2.37. The van der Waals surface area contributed by atoms with Crippen LogP contribution in [-0.2, 0) is 11.2 Å². The zero-order valence-electron chi connectivity index (χ0n) is 12.7. The molecule has 0 aliphatic carbocycles. The minimum absolute atomic E-state index is 0.192. The van der Waals surface area contributed by atoms with Crippen molar-refractivity contribution in [2.75, 3.05) is 0 Å². The summed E-state index contributed by atoms with van der Waals surface area (Å²) in [5.74, 6) is -0.832. The molecule has 1 unspecified atom stereocenters. The molecular weight excluding hydrogens is 308 g/mol. The van der Waals surface area contributed by atoms with Crippen LogP contribution < -0.4 is 5.73 Å². The molecule has 122 valence electrons. The number of hydrogen-bond acceptors (Lipinski definition) is 5. The molecule has 0 aliphatic heterocycles. The van der Waals surface area contributed by atoms with Crippen LogP contribution in [0.1, 0.15) is 5.56 Å². The number of carboxylic acids is 1. The quantitative estimate of drug-likeness (QED) is 0.656. The lowest BCUT2D eigenvalue weighted by atomic mass is 10.1. The molecule has 0 aliphatic rings. The van der Waals surface area contributed by atoms with Crippen LogP contribution >= 0.6 is 0 Å². The van der Waals surface area contributed by atoms with Gasteiger partial charge in [-0.15, -0.1) is 5.10 Å². The van der Waals surface area contributed by atoms with Gasteiger partial charge >= 0.3 is 5.97 Å². The van der Waals surface area contributed by atoms with Gasteiger partial charge in [-0.2, -0.15) is 0 Å². The van der Waals surface area contributed by atoms with Crippen LogP contribution in [0, 0.1) is 0 Å². The van der Waals surface area contributed by atoms with E-state index in [-0.39, 0.29) is 12.2 Å². The molecule has 1 aromatic heterocycles. The Morgan fingerprint density at radius 2 is 1.79 bits per heavy atom. The normalized spacial score (nSPS) is 12.0. The van der Waals surface area contributed by atoms with Crippen LogP contribution in [0.15, 0.2) is 54.7 Å². The van der Waals surface area contributed by atoms with Crippen molar-refractivity contribution in [1.82, 2.24) is 15.0 Å². The van der Waals surface area contributed by atoms with Gasteiger partial charge in [-0.25, -0.2) is 4.68 Å². The van der Waals surface area contributed by atoms with E-state index >= 15 is 0 Å². The second kappa shape index (κ2) is 6.51. The van der Waals surface area contributed by atoms with Gasteiger partial charge < -0.3 is 15.9 Å². The van der Waals surface area contributed by atoms with Crippen LogP contribution in [0.25, 0.3) is 16.9 Å². The highest BCUT2D eigenvalue weighted by atomic mass is 16.4. The Bertz CT molecular complexity index is 841. The standard InChI is InChI=1S/C17H16N4O3/c18-15(17(23)24)9-11-1-5-13(6-2-11)21-16(10-19-20-21)12-3-7-14(22)8-4-12/h1-8,10,15,22H,9,18H2,(H,23,24). The third-order valence-corrected chi connectivity index (χ3v) is 3.67. The molecule has 0 bridgehead atoms. The molecule has 0 radical (unpaired) electrons. The van der Waals surface area contributed by atoms with E-state index in [1.165, 1.54) is 0 Å². The van der Waals surface area contributed by atoms with Gasteiger partial charge in [0.15, 0.2) is 0 Å². The summed E-state index contributed by atoms with van der Waals surface area (Å²) in [6, 6.07) is 13.2. The van der Waals surface area contributed by atoms with Gasteiger partial charge in [0, 0.05) is 5.56 Å². The fourth-order valence-electron chi connectivity index (χ4n) is 2.37. The Kier molecular flexibility index (Phi) is 4.26. The highest BCUT2D eigenvalue weighted by Crippen LogP contribution is 2.23. The SMILES string of the molecule is NC(Cc1ccc(-n2nncc2-c2ccc(O)cc2)cc1)C(=O)O. The number of aromatic hydroxyl groups is 1. The highest BCUT2D eigenvalue weighted by molar-refractivity contribution is 5.73. The van der Waals surface area contributed by atoms with Crippen molar-refractivity contribution < 1.29 is 15.0 Å².